The number of amides is 4. The first-order chi connectivity index (χ1) is 19.5. The van der Waals surface area contributed by atoms with Gasteiger partial charge in [0.2, 0.25) is 17.9 Å². The molecule has 1 aromatic rings. The molecular weight excluding hydrogens is 576 g/mol. The fraction of sp³-hybridized carbons (Fsp3) is 0.500. The zero-order valence-electron chi connectivity index (χ0n) is 22.1. The molecule has 4 aliphatic rings. The Morgan fingerprint density at radius 1 is 1.34 bits per heavy atom. The molecule has 0 radical (unpaired) electrons. The first-order valence-corrected chi connectivity index (χ1v) is 14.7. The number of carboxylic acid groups (broad SMARTS) is 1. The number of carbonyl (C=O) groups excluding carboxylic acids is 4. The van der Waals surface area contributed by atoms with Gasteiger partial charge >= 0.3 is 5.97 Å². The Labute approximate surface area is 242 Å². The number of nitrogens with two attached hydrogens (primary N) is 1. The number of aromatic nitrogens is 1. The molecule has 1 aromatic heterocycles. The van der Waals surface area contributed by atoms with Crippen LogP contribution in [0.3, 0.4) is 0 Å². The van der Waals surface area contributed by atoms with E-state index in [1.807, 2.05) is 0 Å². The van der Waals surface area contributed by atoms with Gasteiger partial charge in [-0.15, -0.1) is 28.0 Å². The third kappa shape index (κ3) is 5.19. The van der Waals surface area contributed by atoms with Crippen LogP contribution in [0.25, 0.3) is 0 Å². The Balaban J connectivity index is 1.29. The van der Waals surface area contributed by atoms with Gasteiger partial charge in [-0.05, 0) is 29.7 Å². The highest BCUT2D eigenvalue weighted by Gasteiger charge is 2.54. The molecule has 5 heterocycles. The maximum absolute atomic E-state index is 13.2. The molecule has 3 unspecified atom stereocenters. The number of likely N-dealkylation sites (N-methyl/N-ethyl adjacent to an activating group) is 1. The molecule has 17 heteroatoms. The topological polar surface area (TPSA) is 208 Å². The molecule has 5 atom stereocenters. The van der Waals surface area contributed by atoms with Crippen LogP contribution in [-0.2, 0) is 24.0 Å². The molecule has 5 rings (SSSR count). The fourth-order valence-electron chi connectivity index (χ4n) is 5.43. The van der Waals surface area contributed by atoms with Crippen molar-refractivity contribution in [2.45, 2.75) is 42.4 Å². The Morgan fingerprint density at radius 3 is 2.73 bits per heavy atom. The summed E-state index contributed by atoms with van der Waals surface area (Å²) < 4.78 is 0. The summed E-state index contributed by atoms with van der Waals surface area (Å²) in [5.41, 5.74) is 6.13. The number of thiazole rings is 1. The van der Waals surface area contributed by atoms with Gasteiger partial charge in [-0.3, -0.25) is 24.1 Å². The number of carboxylic acids is 1. The molecule has 0 spiro atoms. The van der Waals surface area contributed by atoms with E-state index < -0.39 is 35.2 Å². The molecule has 4 amide bonds. The number of β-lactam (4-membered cyclic amide) rings is 1. The number of aliphatic carboxylic acids is 1. The van der Waals surface area contributed by atoms with E-state index in [4.69, 9.17) is 5.73 Å². The van der Waals surface area contributed by atoms with E-state index in [1.165, 1.54) is 28.1 Å². The maximum Gasteiger partial charge on any atom is 0.352 e. The molecule has 0 bridgehead atoms. The number of thioether (sulfide) groups is 1. The Morgan fingerprint density at radius 2 is 2.10 bits per heavy atom. The molecule has 4 aliphatic heterocycles. The van der Waals surface area contributed by atoms with Crippen molar-refractivity contribution in [3.8, 4) is 0 Å². The predicted molar refractivity (Wildman–Crippen MR) is 148 cm³/mol. The molecule has 0 aromatic carbocycles. The number of likely N-dealkylation sites (tertiary alicyclic amines) is 1. The standard InChI is InChI=1S/C24H28N8O7S2/c1-30(2)20(35)13-6-12(7-26-13)31-4-3-10(19(31)34)5-11-8-40-22-16(21(36)32(22)17(11)23(37)38)28-18(33)15(29-39)14-9-41-24(25)27-14/h5,9,12-13,15-16,22,26H,3-4,6-8H2,1-2H3,(H2,25,27)(H,28,33)(H,37,38)/t12-,13+,15?,16?,22?/m0/s1. The van der Waals surface area contributed by atoms with Crippen molar-refractivity contribution in [3.63, 3.8) is 0 Å². The minimum Gasteiger partial charge on any atom is -0.477 e. The first kappa shape index (κ1) is 28.7. The smallest absolute Gasteiger partial charge is 0.352 e. The number of hydrogen-bond donors (Lipinski definition) is 4. The van der Waals surface area contributed by atoms with Gasteiger partial charge in [-0.25, -0.2) is 9.78 Å². The lowest BCUT2D eigenvalue weighted by Gasteiger charge is -2.49. The second-order valence-corrected chi connectivity index (χ2v) is 12.2. The summed E-state index contributed by atoms with van der Waals surface area (Å²) in [5.74, 6) is -2.93. The minimum atomic E-state index is -1.50. The van der Waals surface area contributed by atoms with Crippen molar-refractivity contribution in [2.24, 2.45) is 5.18 Å². The van der Waals surface area contributed by atoms with Crippen molar-refractivity contribution in [1.29, 1.82) is 0 Å². The largest absolute Gasteiger partial charge is 0.477 e. The first-order valence-electron chi connectivity index (χ1n) is 12.7. The van der Waals surface area contributed by atoms with Crippen LogP contribution in [0.4, 0.5) is 5.13 Å². The number of nitrogen functional groups attached to an aromatic ring is 1. The van der Waals surface area contributed by atoms with Crippen LogP contribution in [0.2, 0.25) is 0 Å². The molecular formula is C24H28N8O7S2. The lowest BCUT2D eigenvalue weighted by Crippen LogP contribution is -2.70. The normalized spacial score (nSPS) is 27.5. The zero-order valence-corrected chi connectivity index (χ0v) is 23.7. The molecule has 0 aliphatic carbocycles. The lowest BCUT2D eigenvalue weighted by molar-refractivity contribution is -0.150. The van der Waals surface area contributed by atoms with Crippen molar-refractivity contribution in [3.05, 3.63) is 38.9 Å². The predicted octanol–water partition coefficient (Wildman–Crippen LogP) is -0.751. The third-order valence-electron chi connectivity index (χ3n) is 7.47. The van der Waals surface area contributed by atoms with Gasteiger partial charge in [0, 0.05) is 49.9 Å². The SMILES string of the molecule is CN(C)C(=O)[C@H]1C[C@H](N2CCC(=CC3=C(C(=O)O)N4C(=O)C(NC(=O)C(N=O)c5csc(N)n5)C4SC3)C2=O)CN1. The number of fused-ring (bicyclic) bond motifs is 1. The van der Waals surface area contributed by atoms with E-state index in [0.29, 0.717) is 37.1 Å². The highest BCUT2D eigenvalue weighted by molar-refractivity contribution is 8.00. The molecule has 3 fully saturated rings. The maximum atomic E-state index is 13.2. The highest BCUT2D eigenvalue weighted by atomic mass is 32.2. The van der Waals surface area contributed by atoms with Crippen LogP contribution in [0.1, 0.15) is 24.6 Å². The second-order valence-electron chi connectivity index (χ2n) is 10.2. The van der Waals surface area contributed by atoms with Crippen molar-refractivity contribution in [1.82, 2.24) is 30.3 Å². The zero-order chi connectivity index (χ0) is 29.6. The number of carbonyl (C=O) groups is 5. The van der Waals surface area contributed by atoms with Gasteiger partial charge < -0.3 is 31.3 Å². The summed E-state index contributed by atoms with van der Waals surface area (Å²) in [6, 6.07) is -3.09. The van der Waals surface area contributed by atoms with Gasteiger partial charge in [-0.1, -0.05) is 0 Å². The molecule has 3 saturated heterocycles. The van der Waals surface area contributed by atoms with Gasteiger partial charge in [-0.2, -0.15) is 0 Å². The van der Waals surface area contributed by atoms with Gasteiger partial charge in [0.1, 0.15) is 17.1 Å². The molecule has 15 nitrogen and oxygen atoms in total. The molecule has 218 valence electrons. The average Bonchev–Trinajstić information content (AvgIpc) is 3.67. The van der Waals surface area contributed by atoms with Gasteiger partial charge in [0.25, 0.3) is 11.8 Å². The number of hydrogen-bond acceptors (Lipinski definition) is 12. The lowest BCUT2D eigenvalue weighted by atomic mass is 10.0. The van der Waals surface area contributed by atoms with E-state index in [9.17, 15) is 34.0 Å². The van der Waals surface area contributed by atoms with E-state index in [0.717, 1.165) is 16.2 Å². The monoisotopic (exact) mass is 604 g/mol. The van der Waals surface area contributed by atoms with Gasteiger partial charge in [0.15, 0.2) is 5.13 Å². The second kappa shape index (κ2) is 11.2. The third-order valence-corrected chi connectivity index (χ3v) is 9.46. The highest BCUT2D eigenvalue weighted by Crippen LogP contribution is 2.41. The van der Waals surface area contributed by atoms with Crippen LogP contribution in [0, 0.1) is 4.91 Å². The Hall–Kier alpha value is -3.83. The summed E-state index contributed by atoms with van der Waals surface area (Å²) >= 11 is 2.27. The average molecular weight is 605 g/mol. The molecule has 0 saturated carbocycles. The number of nitroso groups, excluding NO2 is 1. The Bertz CT molecular complexity index is 1390. The minimum absolute atomic E-state index is 0.0561. The van der Waals surface area contributed by atoms with Crippen molar-refractivity contribution >= 4 is 57.8 Å². The van der Waals surface area contributed by atoms with Crippen LogP contribution in [0.5, 0.6) is 0 Å². The summed E-state index contributed by atoms with van der Waals surface area (Å²) in [6.45, 7) is 0.925. The quantitative estimate of drug-likeness (QED) is 0.165. The summed E-state index contributed by atoms with van der Waals surface area (Å²) in [5, 5.41) is 19.3. The van der Waals surface area contributed by atoms with Crippen LogP contribution >= 0.6 is 23.1 Å². The van der Waals surface area contributed by atoms with Crippen molar-refractivity contribution in [2.75, 3.05) is 38.7 Å². The van der Waals surface area contributed by atoms with E-state index >= 15 is 0 Å². The Kier molecular flexibility index (Phi) is 7.85. The van der Waals surface area contributed by atoms with Crippen LogP contribution < -0.4 is 16.4 Å². The van der Waals surface area contributed by atoms with Crippen LogP contribution in [0.15, 0.2) is 33.5 Å². The van der Waals surface area contributed by atoms with E-state index in [-0.39, 0.29) is 46.2 Å². The number of allylic oxidation sites excluding steroid dienone is 1. The van der Waals surface area contributed by atoms with Crippen molar-refractivity contribution < 1.29 is 29.1 Å². The molecule has 5 N–H and O–H groups in total. The summed E-state index contributed by atoms with van der Waals surface area (Å²) in [4.78, 5) is 83.1. The summed E-state index contributed by atoms with van der Waals surface area (Å²) in [6.07, 6.45) is 2.43. The van der Waals surface area contributed by atoms with Gasteiger partial charge in [0.05, 0.1) is 11.7 Å². The van der Waals surface area contributed by atoms with E-state index in [2.05, 4.69) is 20.8 Å². The number of nitrogens with zero attached hydrogens (tertiary/aromatic N) is 5. The number of rotatable bonds is 8. The summed E-state index contributed by atoms with van der Waals surface area (Å²) in [7, 11) is 3.36. The molecule has 41 heavy (non-hydrogen) atoms. The number of anilines is 1. The number of nitrogens with one attached hydrogen (secondary N) is 2. The fourth-order valence-corrected chi connectivity index (χ4v) is 7.32. The van der Waals surface area contributed by atoms with E-state index in [1.54, 1.807) is 19.0 Å². The van der Waals surface area contributed by atoms with Crippen LogP contribution in [-0.4, -0.2) is 111 Å².